The summed E-state index contributed by atoms with van der Waals surface area (Å²) in [5.74, 6) is -0.626. The Kier molecular flexibility index (Phi) is 7.60. The molecule has 5 rings (SSSR count). The zero-order chi connectivity index (χ0) is 30.2. The first-order chi connectivity index (χ1) is 20.0. The molecule has 1 aromatic carbocycles. The molecule has 0 spiro atoms. The highest BCUT2D eigenvalue weighted by atomic mass is 19.3. The molecule has 1 aliphatic heterocycles. The van der Waals surface area contributed by atoms with Gasteiger partial charge in [0.1, 0.15) is 17.7 Å². The second-order valence-electron chi connectivity index (χ2n) is 11.8. The van der Waals surface area contributed by atoms with Crippen LogP contribution in [-0.4, -0.2) is 33.5 Å². The Morgan fingerprint density at radius 2 is 1.88 bits per heavy atom. The normalized spacial score (nSPS) is 16.4. The lowest BCUT2D eigenvalue weighted by Gasteiger charge is -2.25. The van der Waals surface area contributed by atoms with Gasteiger partial charge in [-0.2, -0.15) is 14.9 Å². The van der Waals surface area contributed by atoms with Crippen molar-refractivity contribution in [1.29, 1.82) is 10.5 Å². The Bertz CT molecular complexity index is 1630. The first-order valence-electron chi connectivity index (χ1n) is 13.7. The van der Waals surface area contributed by atoms with E-state index in [9.17, 15) is 23.7 Å². The second-order valence-corrected chi connectivity index (χ2v) is 11.8. The number of aromatic nitrogens is 2. The third kappa shape index (κ3) is 5.50. The summed E-state index contributed by atoms with van der Waals surface area (Å²) in [4.78, 5) is 8.48. The summed E-state index contributed by atoms with van der Waals surface area (Å²) in [6.07, 6.45) is 1.60. The smallest absolute Gasteiger partial charge is 0.262 e. The van der Waals surface area contributed by atoms with E-state index in [-0.39, 0.29) is 11.0 Å². The quantitative estimate of drug-likeness (QED) is 0.240. The van der Waals surface area contributed by atoms with Gasteiger partial charge in [0.2, 0.25) is 5.95 Å². The number of alkyl halides is 2. The maximum absolute atomic E-state index is 14.1. The van der Waals surface area contributed by atoms with Crippen LogP contribution in [0, 0.1) is 34.0 Å². The van der Waals surface area contributed by atoms with Crippen molar-refractivity contribution < 1.29 is 13.2 Å². The number of aryl methyl sites for hydroxylation is 1. The van der Waals surface area contributed by atoms with Crippen molar-refractivity contribution in [1.82, 2.24) is 25.9 Å². The van der Waals surface area contributed by atoms with Gasteiger partial charge in [-0.3, -0.25) is 9.99 Å². The van der Waals surface area contributed by atoms with Crippen molar-refractivity contribution in [2.45, 2.75) is 65.0 Å². The maximum atomic E-state index is 14.1. The SMILES string of the molecule is CCc1nc(F)ccc1[C@H](Nc1cc(C#N)c2ncc(C#N)c(NCC(C)(C)C)c2c1)C1=CN(C2(C(F)F)CC2)NN1. The maximum Gasteiger partial charge on any atom is 0.262 e. The number of pyridine rings is 2. The number of hydrazine groups is 2. The van der Waals surface area contributed by atoms with E-state index in [2.05, 4.69) is 64.5 Å². The number of hydrogen-bond donors (Lipinski definition) is 4. The van der Waals surface area contributed by atoms with E-state index in [0.717, 1.165) is 0 Å². The van der Waals surface area contributed by atoms with Gasteiger partial charge in [-0.25, -0.2) is 13.8 Å². The van der Waals surface area contributed by atoms with E-state index in [1.165, 1.54) is 17.3 Å². The van der Waals surface area contributed by atoms with Crippen LogP contribution in [0.4, 0.5) is 24.5 Å². The number of nitriles is 2. The summed E-state index contributed by atoms with van der Waals surface area (Å²) >= 11 is 0. The van der Waals surface area contributed by atoms with Crippen molar-refractivity contribution in [2.24, 2.45) is 5.41 Å². The van der Waals surface area contributed by atoms with Gasteiger partial charge in [0.25, 0.3) is 6.43 Å². The van der Waals surface area contributed by atoms with Crippen LogP contribution in [0.1, 0.15) is 69.0 Å². The molecule has 3 heterocycles. The van der Waals surface area contributed by atoms with Gasteiger partial charge in [-0.05, 0) is 42.9 Å². The van der Waals surface area contributed by atoms with Gasteiger partial charge in [-0.15, -0.1) is 5.53 Å². The molecule has 218 valence electrons. The summed E-state index contributed by atoms with van der Waals surface area (Å²) in [6, 6.07) is 10.0. The largest absolute Gasteiger partial charge is 0.383 e. The summed E-state index contributed by atoms with van der Waals surface area (Å²) in [7, 11) is 0. The van der Waals surface area contributed by atoms with Crippen molar-refractivity contribution in [2.75, 3.05) is 17.2 Å². The second kappa shape index (κ2) is 11.0. The van der Waals surface area contributed by atoms with Crippen LogP contribution in [0.25, 0.3) is 10.9 Å². The van der Waals surface area contributed by atoms with E-state index in [4.69, 9.17) is 0 Å². The molecule has 1 fully saturated rings. The van der Waals surface area contributed by atoms with Crippen LogP contribution in [0.3, 0.4) is 0 Å². The standard InChI is InChI=1S/C30H32F3N9/c1-5-22-20(6-7-24(31)39-22)27(23-15-42(41-40-23)30(8-9-30)28(32)33)38-19-10-17(12-34)25-21(11-19)26(18(13-35)14-36-25)37-16-29(2,3)4/h6-7,10-11,14-15,27-28,38,40-41H,5,8-9,16H2,1-4H3,(H,36,37)/t27-/m0/s1. The summed E-state index contributed by atoms with van der Waals surface area (Å²) in [5.41, 5.74) is 8.25. The number of halogens is 3. The Balaban J connectivity index is 1.62. The fourth-order valence-corrected chi connectivity index (χ4v) is 5.03. The number of fused-ring (bicyclic) bond motifs is 1. The lowest BCUT2D eigenvalue weighted by molar-refractivity contribution is 0.00911. The summed E-state index contributed by atoms with van der Waals surface area (Å²) < 4.78 is 41.9. The molecule has 0 saturated heterocycles. The van der Waals surface area contributed by atoms with Crippen molar-refractivity contribution in [3.63, 3.8) is 0 Å². The molecule has 4 N–H and O–H groups in total. The van der Waals surface area contributed by atoms with E-state index in [1.807, 2.05) is 6.92 Å². The van der Waals surface area contributed by atoms with E-state index in [1.54, 1.807) is 24.4 Å². The molecule has 9 nitrogen and oxygen atoms in total. The minimum atomic E-state index is -2.55. The number of nitrogens with one attached hydrogen (secondary N) is 4. The molecule has 0 amide bonds. The first-order valence-corrected chi connectivity index (χ1v) is 13.7. The number of benzene rings is 1. The van der Waals surface area contributed by atoms with Crippen molar-refractivity contribution >= 4 is 22.3 Å². The fourth-order valence-electron chi connectivity index (χ4n) is 5.03. The molecular weight excluding hydrogens is 543 g/mol. The van der Waals surface area contributed by atoms with Gasteiger partial charge >= 0.3 is 0 Å². The molecule has 0 radical (unpaired) electrons. The Morgan fingerprint density at radius 3 is 2.50 bits per heavy atom. The molecule has 1 saturated carbocycles. The number of hydrogen-bond acceptors (Lipinski definition) is 9. The number of anilines is 2. The average molecular weight is 576 g/mol. The van der Waals surface area contributed by atoms with E-state index < -0.39 is 24.0 Å². The Morgan fingerprint density at radius 1 is 1.14 bits per heavy atom. The molecule has 0 bridgehead atoms. The molecule has 0 unspecified atom stereocenters. The van der Waals surface area contributed by atoms with Crippen LogP contribution in [0.15, 0.2) is 42.4 Å². The minimum Gasteiger partial charge on any atom is -0.383 e. The van der Waals surface area contributed by atoms with E-state index in [0.29, 0.717) is 70.6 Å². The molecule has 1 aliphatic carbocycles. The van der Waals surface area contributed by atoms with E-state index >= 15 is 0 Å². The zero-order valence-corrected chi connectivity index (χ0v) is 23.8. The molecule has 1 atom stereocenters. The monoisotopic (exact) mass is 575 g/mol. The third-order valence-electron chi connectivity index (χ3n) is 7.49. The van der Waals surface area contributed by atoms with Gasteiger partial charge in [0, 0.05) is 41.3 Å². The van der Waals surface area contributed by atoms with Gasteiger partial charge in [0.15, 0.2) is 0 Å². The third-order valence-corrected chi connectivity index (χ3v) is 7.49. The highest BCUT2D eigenvalue weighted by Crippen LogP contribution is 2.47. The molecular formula is C30H32F3N9. The van der Waals surface area contributed by atoms with Crippen molar-refractivity contribution in [3.8, 4) is 12.1 Å². The fraction of sp³-hybridized carbons (Fsp3) is 0.400. The summed E-state index contributed by atoms with van der Waals surface area (Å²) in [5, 5.41) is 28.6. The van der Waals surface area contributed by atoms with Gasteiger partial charge < -0.3 is 16.1 Å². The predicted octanol–water partition coefficient (Wildman–Crippen LogP) is 5.65. The Hall–Kier alpha value is -4.55. The predicted molar refractivity (Wildman–Crippen MR) is 153 cm³/mol. The Labute approximate surface area is 242 Å². The molecule has 42 heavy (non-hydrogen) atoms. The van der Waals surface area contributed by atoms with Crippen LogP contribution < -0.4 is 21.6 Å². The van der Waals surface area contributed by atoms with Gasteiger partial charge in [-0.1, -0.05) is 33.8 Å². The minimum absolute atomic E-state index is 0.0931. The van der Waals surface area contributed by atoms with Crippen LogP contribution in [0.2, 0.25) is 0 Å². The van der Waals surface area contributed by atoms with Gasteiger partial charge in [0.05, 0.1) is 34.1 Å². The zero-order valence-electron chi connectivity index (χ0n) is 23.8. The average Bonchev–Trinajstić information content (AvgIpc) is 3.64. The van der Waals surface area contributed by atoms with Crippen molar-refractivity contribution in [3.05, 3.63) is 70.7 Å². The topological polar surface area (TPSA) is 125 Å². The lowest BCUT2D eigenvalue weighted by atomic mass is 9.96. The highest BCUT2D eigenvalue weighted by Gasteiger charge is 2.56. The first kappa shape index (κ1) is 29.0. The number of nitrogens with zero attached hydrogens (tertiary/aromatic N) is 5. The van der Waals surface area contributed by atoms with Crippen LogP contribution in [0.5, 0.6) is 0 Å². The summed E-state index contributed by atoms with van der Waals surface area (Å²) in [6.45, 7) is 8.61. The molecule has 2 aliphatic rings. The lowest BCUT2D eigenvalue weighted by Crippen LogP contribution is -2.48. The molecule has 3 aromatic rings. The molecule has 2 aromatic heterocycles. The highest BCUT2D eigenvalue weighted by molar-refractivity contribution is 5.99. The van der Waals surface area contributed by atoms with Crippen LogP contribution in [-0.2, 0) is 6.42 Å². The molecule has 12 heteroatoms. The van der Waals surface area contributed by atoms with Crippen LogP contribution >= 0.6 is 0 Å². The number of rotatable bonds is 9.